The van der Waals surface area contributed by atoms with E-state index in [9.17, 15) is 4.79 Å². The van der Waals surface area contributed by atoms with Crippen molar-refractivity contribution in [2.24, 2.45) is 5.73 Å². The fourth-order valence-electron chi connectivity index (χ4n) is 1.33. The summed E-state index contributed by atoms with van der Waals surface area (Å²) in [5, 5.41) is 0. The molecule has 0 fully saturated rings. The van der Waals surface area contributed by atoms with Crippen LogP contribution in [0.1, 0.15) is 15.9 Å². The zero-order chi connectivity index (χ0) is 11.3. The molecule has 4 nitrogen and oxygen atoms in total. The third kappa shape index (κ3) is 2.95. The van der Waals surface area contributed by atoms with Crippen LogP contribution in [0, 0.1) is 0 Å². The van der Waals surface area contributed by atoms with E-state index in [2.05, 4.69) is 4.74 Å². The number of benzene rings is 1. The first kappa shape index (κ1) is 11.5. The number of methoxy groups -OCH3 is 2. The fourth-order valence-corrected chi connectivity index (χ4v) is 1.33. The van der Waals surface area contributed by atoms with Crippen LogP contribution < -0.4 is 10.5 Å². The van der Waals surface area contributed by atoms with Crippen LogP contribution in [0.25, 0.3) is 0 Å². The monoisotopic (exact) mass is 209 g/mol. The van der Waals surface area contributed by atoms with E-state index < -0.39 is 0 Å². The number of hydrogen-bond acceptors (Lipinski definition) is 4. The van der Waals surface area contributed by atoms with Gasteiger partial charge in [0.2, 0.25) is 0 Å². The predicted molar refractivity (Wildman–Crippen MR) is 57.1 cm³/mol. The van der Waals surface area contributed by atoms with E-state index in [1.807, 2.05) is 6.07 Å². The Kier molecular flexibility index (Phi) is 4.12. The Bertz CT molecular complexity index is 350. The van der Waals surface area contributed by atoms with Crippen LogP contribution in [-0.2, 0) is 11.2 Å². The Balaban J connectivity index is 3.05. The van der Waals surface area contributed by atoms with E-state index in [0.29, 0.717) is 24.3 Å². The second kappa shape index (κ2) is 5.36. The normalized spacial score (nSPS) is 9.80. The lowest BCUT2D eigenvalue weighted by Gasteiger charge is -2.07. The molecule has 0 saturated heterocycles. The van der Waals surface area contributed by atoms with Crippen molar-refractivity contribution in [2.45, 2.75) is 6.42 Å². The third-order valence-electron chi connectivity index (χ3n) is 2.06. The largest absolute Gasteiger partial charge is 0.497 e. The molecule has 0 amide bonds. The summed E-state index contributed by atoms with van der Waals surface area (Å²) >= 11 is 0. The second-order valence-corrected chi connectivity index (χ2v) is 3.10. The van der Waals surface area contributed by atoms with E-state index in [1.54, 1.807) is 19.2 Å². The third-order valence-corrected chi connectivity index (χ3v) is 2.06. The van der Waals surface area contributed by atoms with Crippen LogP contribution in [-0.4, -0.2) is 26.7 Å². The molecule has 1 aromatic rings. The van der Waals surface area contributed by atoms with Crippen molar-refractivity contribution in [3.05, 3.63) is 29.3 Å². The van der Waals surface area contributed by atoms with Crippen LogP contribution in [0.4, 0.5) is 0 Å². The lowest BCUT2D eigenvalue weighted by Crippen LogP contribution is -2.06. The van der Waals surface area contributed by atoms with Gasteiger partial charge in [-0.15, -0.1) is 0 Å². The summed E-state index contributed by atoms with van der Waals surface area (Å²) in [6.07, 6.45) is 0.710. The van der Waals surface area contributed by atoms with Gasteiger partial charge in [-0.3, -0.25) is 0 Å². The van der Waals surface area contributed by atoms with Gasteiger partial charge in [-0.25, -0.2) is 4.79 Å². The summed E-state index contributed by atoms with van der Waals surface area (Å²) in [5.41, 5.74) is 6.91. The summed E-state index contributed by atoms with van der Waals surface area (Å²) in [7, 11) is 2.91. The van der Waals surface area contributed by atoms with Gasteiger partial charge in [0.05, 0.1) is 19.8 Å². The lowest BCUT2D eigenvalue weighted by molar-refractivity contribution is 0.0600. The van der Waals surface area contributed by atoms with Gasteiger partial charge in [-0.1, -0.05) is 0 Å². The number of carbonyl (C=O) groups excluding carboxylic acids is 1. The van der Waals surface area contributed by atoms with E-state index in [1.165, 1.54) is 7.11 Å². The first-order valence-corrected chi connectivity index (χ1v) is 4.67. The molecule has 0 unspecified atom stereocenters. The topological polar surface area (TPSA) is 61.5 Å². The number of esters is 1. The van der Waals surface area contributed by atoms with E-state index in [-0.39, 0.29) is 5.97 Å². The summed E-state index contributed by atoms with van der Waals surface area (Å²) in [4.78, 5) is 11.3. The van der Waals surface area contributed by atoms with Crippen molar-refractivity contribution in [3.8, 4) is 5.75 Å². The van der Waals surface area contributed by atoms with Gasteiger partial charge in [0, 0.05) is 0 Å². The molecule has 0 aromatic heterocycles. The number of rotatable bonds is 4. The summed E-state index contributed by atoms with van der Waals surface area (Å²) in [5.74, 6) is 0.272. The minimum Gasteiger partial charge on any atom is -0.497 e. The zero-order valence-corrected chi connectivity index (χ0v) is 8.95. The van der Waals surface area contributed by atoms with Crippen LogP contribution >= 0.6 is 0 Å². The van der Waals surface area contributed by atoms with Gasteiger partial charge >= 0.3 is 5.97 Å². The Hall–Kier alpha value is -1.55. The van der Waals surface area contributed by atoms with Crippen molar-refractivity contribution in [2.75, 3.05) is 20.8 Å². The Morgan fingerprint density at radius 1 is 1.33 bits per heavy atom. The van der Waals surface area contributed by atoms with E-state index in [4.69, 9.17) is 10.5 Å². The standard InChI is InChI=1S/C11H15NO3/c1-14-10-6-8(3-4-12)5-9(7-10)11(13)15-2/h5-7H,3-4,12H2,1-2H3. The smallest absolute Gasteiger partial charge is 0.337 e. The average molecular weight is 209 g/mol. The maximum absolute atomic E-state index is 11.3. The van der Waals surface area contributed by atoms with Gasteiger partial charge in [0.25, 0.3) is 0 Å². The summed E-state index contributed by atoms with van der Waals surface area (Å²) < 4.78 is 9.73. The Morgan fingerprint density at radius 3 is 2.60 bits per heavy atom. The van der Waals surface area contributed by atoms with Crippen molar-refractivity contribution in [1.29, 1.82) is 0 Å². The van der Waals surface area contributed by atoms with Crippen LogP contribution in [0.15, 0.2) is 18.2 Å². The molecule has 0 spiro atoms. The fraction of sp³-hybridized carbons (Fsp3) is 0.364. The minimum absolute atomic E-state index is 0.368. The molecule has 82 valence electrons. The lowest BCUT2D eigenvalue weighted by atomic mass is 10.1. The highest BCUT2D eigenvalue weighted by Gasteiger charge is 2.08. The quantitative estimate of drug-likeness (QED) is 0.751. The molecule has 0 heterocycles. The van der Waals surface area contributed by atoms with Gasteiger partial charge in [-0.2, -0.15) is 0 Å². The Morgan fingerprint density at radius 2 is 2.07 bits per heavy atom. The molecule has 0 aliphatic carbocycles. The molecule has 0 aliphatic heterocycles. The highest BCUT2D eigenvalue weighted by Crippen LogP contribution is 2.17. The average Bonchev–Trinajstić information content (AvgIpc) is 2.28. The minimum atomic E-state index is -0.368. The number of ether oxygens (including phenoxy) is 2. The predicted octanol–water partition coefficient (Wildman–Crippen LogP) is 0.983. The molecule has 2 N–H and O–H groups in total. The molecule has 0 aliphatic rings. The zero-order valence-electron chi connectivity index (χ0n) is 8.95. The number of hydrogen-bond donors (Lipinski definition) is 1. The maximum atomic E-state index is 11.3. The van der Waals surface area contributed by atoms with Crippen LogP contribution in [0.3, 0.4) is 0 Å². The molecule has 0 saturated carbocycles. The SMILES string of the molecule is COC(=O)c1cc(CCN)cc(OC)c1. The van der Waals surface area contributed by atoms with E-state index >= 15 is 0 Å². The molecule has 4 heteroatoms. The molecule has 0 bridgehead atoms. The molecule has 15 heavy (non-hydrogen) atoms. The van der Waals surface area contributed by atoms with E-state index in [0.717, 1.165) is 5.56 Å². The maximum Gasteiger partial charge on any atom is 0.337 e. The number of carbonyl (C=O) groups is 1. The van der Waals surface area contributed by atoms with Gasteiger partial charge in [-0.05, 0) is 36.7 Å². The molecular weight excluding hydrogens is 194 g/mol. The highest BCUT2D eigenvalue weighted by atomic mass is 16.5. The van der Waals surface area contributed by atoms with Gasteiger partial charge in [0.15, 0.2) is 0 Å². The van der Waals surface area contributed by atoms with Crippen LogP contribution in [0.2, 0.25) is 0 Å². The molecular formula is C11H15NO3. The molecule has 0 radical (unpaired) electrons. The number of nitrogens with two attached hydrogens (primary N) is 1. The molecule has 0 atom stereocenters. The van der Waals surface area contributed by atoms with Crippen LogP contribution in [0.5, 0.6) is 5.75 Å². The Labute approximate surface area is 89.0 Å². The first-order valence-electron chi connectivity index (χ1n) is 4.67. The van der Waals surface area contributed by atoms with Crippen molar-refractivity contribution in [1.82, 2.24) is 0 Å². The van der Waals surface area contributed by atoms with Crippen molar-refractivity contribution in [3.63, 3.8) is 0 Å². The van der Waals surface area contributed by atoms with Crippen molar-refractivity contribution < 1.29 is 14.3 Å². The molecule has 1 rings (SSSR count). The second-order valence-electron chi connectivity index (χ2n) is 3.10. The van der Waals surface area contributed by atoms with Crippen molar-refractivity contribution >= 4 is 5.97 Å². The van der Waals surface area contributed by atoms with Gasteiger partial charge < -0.3 is 15.2 Å². The summed E-state index contributed by atoms with van der Waals surface area (Å²) in [6, 6.07) is 5.27. The highest BCUT2D eigenvalue weighted by molar-refractivity contribution is 5.90. The molecule has 1 aromatic carbocycles. The summed E-state index contributed by atoms with van der Waals surface area (Å²) in [6.45, 7) is 0.535. The first-order chi connectivity index (χ1) is 7.21. The van der Waals surface area contributed by atoms with Gasteiger partial charge in [0.1, 0.15) is 5.75 Å².